The number of rotatable bonds is 4. The largest absolute Gasteiger partial charge is 0.477 e. The van der Waals surface area contributed by atoms with Gasteiger partial charge < -0.3 is 10.5 Å². The first-order chi connectivity index (χ1) is 8.21. The minimum atomic E-state index is -0.677. The Labute approximate surface area is 105 Å². The van der Waals surface area contributed by atoms with E-state index in [1.165, 1.54) is 12.1 Å². The minimum absolute atomic E-state index is 0.0480. The van der Waals surface area contributed by atoms with Gasteiger partial charge in [-0.1, -0.05) is 26.8 Å². The Morgan fingerprint density at radius 3 is 2.50 bits per heavy atom. The summed E-state index contributed by atoms with van der Waals surface area (Å²) in [6.07, 6.45) is 0. The Kier molecular flexibility index (Phi) is 3.90. The number of amides is 1. The number of nitro groups is 1. The summed E-state index contributed by atoms with van der Waals surface area (Å²) in [5.74, 6) is -0.629. The third-order valence-corrected chi connectivity index (χ3v) is 2.39. The summed E-state index contributed by atoms with van der Waals surface area (Å²) in [4.78, 5) is 21.0. The van der Waals surface area contributed by atoms with Gasteiger partial charge in [0, 0.05) is 6.07 Å². The lowest BCUT2D eigenvalue weighted by molar-refractivity contribution is -0.385. The summed E-state index contributed by atoms with van der Waals surface area (Å²) in [6.45, 7) is 5.48. The second-order valence-corrected chi connectivity index (χ2v) is 4.94. The summed E-state index contributed by atoms with van der Waals surface area (Å²) in [5, 5.41) is 11.0. The summed E-state index contributed by atoms with van der Waals surface area (Å²) < 4.78 is 5.01. The number of hydrogen-bond acceptors (Lipinski definition) is 4. The molecule has 1 aromatic carbocycles. The van der Waals surface area contributed by atoms with E-state index < -0.39 is 10.8 Å². The number of carbonyl (C=O) groups is 1. The van der Waals surface area contributed by atoms with Crippen molar-refractivity contribution in [2.75, 3.05) is 6.61 Å². The molecule has 0 unspecified atom stereocenters. The molecular formula is C12H16N2O4. The van der Waals surface area contributed by atoms with Gasteiger partial charge in [-0.2, -0.15) is 0 Å². The van der Waals surface area contributed by atoms with E-state index in [2.05, 4.69) is 0 Å². The predicted molar refractivity (Wildman–Crippen MR) is 66.5 cm³/mol. The van der Waals surface area contributed by atoms with Crippen LogP contribution in [0.1, 0.15) is 26.3 Å². The van der Waals surface area contributed by atoms with Crippen LogP contribution < -0.4 is 10.5 Å². The van der Waals surface area contributed by atoms with Gasteiger partial charge in [-0.3, -0.25) is 14.9 Å². The quantitative estimate of drug-likeness (QED) is 0.652. The van der Waals surface area contributed by atoms with E-state index >= 15 is 0 Å². The predicted octanol–water partition coefficient (Wildman–Crippen LogP) is 1.76. The van der Waals surface area contributed by atoms with Crippen LogP contribution in [0.15, 0.2) is 18.2 Å². The zero-order valence-electron chi connectivity index (χ0n) is 10.6. The average Bonchev–Trinajstić information content (AvgIpc) is 2.24. The Balaban J connectivity index is 3.13. The third kappa shape index (κ3) is 3.44. The van der Waals surface area contributed by atoms with Crippen molar-refractivity contribution in [2.24, 2.45) is 5.73 Å². The van der Waals surface area contributed by atoms with Crippen LogP contribution in [0.5, 0.6) is 5.75 Å². The molecule has 0 spiro atoms. The van der Waals surface area contributed by atoms with Crippen molar-refractivity contribution in [1.29, 1.82) is 0 Å². The number of hydrogen-bond donors (Lipinski definition) is 1. The standard InChI is InChI=1S/C12H16N2O4/c1-12(2,3)8-4-5-10(18-7-11(13)15)9(6-8)14(16)17/h4-6H,7H2,1-3H3,(H2,13,15). The molecule has 6 nitrogen and oxygen atoms in total. The van der Waals surface area contributed by atoms with Crippen LogP contribution in [0, 0.1) is 10.1 Å². The molecule has 1 amide bonds. The molecule has 0 radical (unpaired) electrons. The molecule has 0 aromatic heterocycles. The van der Waals surface area contributed by atoms with Crippen molar-refractivity contribution in [3.63, 3.8) is 0 Å². The molecule has 1 aromatic rings. The van der Waals surface area contributed by atoms with Crippen molar-refractivity contribution in [2.45, 2.75) is 26.2 Å². The molecule has 1 rings (SSSR count). The average molecular weight is 252 g/mol. The minimum Gasteiger partial charge on any atom is -0.477 e. The zero-order chi connectivity index (χ0) is 13.9. The molecule has 6 heteroatoms. The normalized spacial score (nSPS) is 11.1. The molecule has 0 aliphatic carbocycles. The van der Waals surface area contributed by atoms with Crippen LogP contribution in [0.25, 0.3) is 0 Å². The fourth-order valence-electron chi connectivity index (χ4n) is 1.40. The van der Waals surface area contributed by atoms with Crippen LogP contribution in [0.3, 0.4) is 0 Å². The molecule has 0 saturated heterocycles. The molecule has 0 aliphatic heterocycles. The topological polar surface area (TPSA) is 95.5 Å². The molecule has 0 atom stereocenters. The molecule has 0 fully saturated rings. The van der Waals surface area contributed by atoms with E-state index in [1.807, 2.05) is 20.8 Å². The second-order valence-electron chi connectivity index (χ2n) is 4.94. The van der Waals surface area contributed by atoms with E-state index in [0.717, 1.165) is 5.56 Å². The number of nitrogens with zero attached hydrogens (tertiary/aromatic N) is 1. The number of primary amides is 1. The first-order valence-corrected chi connectivity index (χ1v) is 5.42. The van der Waals surface area contributed by atoms with Gasteiger partial charge in [0.05, 0.1) is 4.92 Å². The zero-order valence-corrected chi connectivity index (χ0v) is 10.6. The van der Waals surface area contributed by atoms with Gasteiger partial charge in [0.15, 0.2) is 12.4 Å². The van der Waals surface area contributed by atoms with Crippen molar-refractivity contribution in [3.8, 4) is 5.75 Å². The maximum atomic E-state index is 11.0. The fraction of sp³-hybridized carbons (Fsp3) is 0.417. The molecular weight excluding hydrogens is 236 g/mol. The number of nitrogens with two attached hydrogens (primary N) is 1. The van der Waals surface area contributed by atoms with E-state index in [9.17, 15) is 14.9 Å². The van der Waals surface area contributed by atoms with E-state index in [4.69, 9.17) is 10.5 Å². The smallest absolute Gasteiger partial charge is 0.311 e. The van der Waals surface area contributed by atoms with Gasteiger partial charge in [0.2, 0.25) is 0 Å². The molecule has 0 saturated carbocycles. The van der Waals surface area contributed by atoms with Crippen LogP contribution in [0.4, 0.5) is 5.69 Å². The molecule has 98 valence electrons. The van der Waals surface area contributed by atoms with Crippen molar-refractivity contribution < 1.29 is 14.5 Å². The number of nitro benzene ring substituents is 1. The summed E-state index contributed by atoms with van der Waals surface area (Å²) >= 11 is 0. The Bertz CT molecular complexity index is 477. The van der Waals surface area contributed by atoms with Gasteiger partial charge in [-0.25, -0.2) is 0 Å². The maximum absolute atomic E-state index is 11.0. The molecule has 0 bridgehead atoms. The Morgan fingerprint density at radius 2 is 2.06 bits per heavy atom. The molecule has 0 aliphatic rings. The Hall–Kier alpha value is -2.11. The van der Waals surface area contributed by atoms with Crippen LogP contribution in [-0.2, 0) is 10.2 Å². The highest BCUT2D eigenvalue weighted by molar-refractivity contribution is 5.75. The monoisotopic (exact) mass is 252 g/mol. The molecule has 18 heavy (non-hydrogen) atoms. The van der Waals surface area contributed by atoms with Gasteiger partial charge >= 0.3 is 5.69 Å². The summed E-state index contributed by atoms with van der Waals surface area (Å²) in [6, 6.07) is 4.68. The maximum Gasteiger partial charge on any atom is 0.311 e. The molecule has 2 N–H and O–H groups in total. The van der Waals surface area contributed by atoms with Gasteiger partial charge in [-0.05, 0) is 17.0 Å². The highest BCUT2D eigenvalue weighted by Gasteiger charge is 2.21. The SMILES string of the molecule is CC(C)(C)c1ccc(OCC(N)=O)c([N+](=O)[O-])c1. The molecule has 0 heterocycles. The first-order valence-electron chi connectivity index (χ1n) is 5.42. The highest BCUT2D eigenvalue weighted by Crippen LogP contribution is 2.32. The first kappa shape index (κ1) is 14.0. The highest BCUT2D eigenvalue weighted by atomic mass is 16.6. The van der Waals surface area contributed by atoms with E-state index in [0.29, 0.717) is 0 Å². The van der Waals surface area contributed by atoms with E-state index in [1.54, 1.807) is 6.07 Å². The van der Waals surface area contributed by atoms with Crippen LogP contribution in [-0.4, -0.2) is 17.4 Å². The van der Waals surface area contributed by atoms with Crippen molar-refractivity contribution in [1.82, 2.24) is 0 Å². The van der Waals surface area contributed by atoms with E-state index in [-0.39, 0.29) is 23.5 Å². The van der Waals surface area contributed by atoms with Gasteiger partial charge in [-0.15, -0.1) is 0 Å². The summed E-state index contributed by atoms with van der Waals surface area (Å²) in [7, 11) is 0. The lowest BCUT2D eigenvalue weighted by atomic mass is 9.87. The third-order valence-electron chi connectivity index (χ3n) is 2.39. The van der Waals surface area contributed by atoms with Crippen LogP contribution >= 0.6 is 0 Å². The van der Waals surface area contributed by atoms with Crippen molar-refractivity contribution in [3.05, 3.63) is 33.9 Å². The lowest BCUT2D eigenvalue weighted by Crippen LogP contribution is -2.20. The number of ether oxygens (including phenoxy) is 1. The number of carbonyl (C=O) groups excluding carboxylic acids is 1. The van der Waals surface area contributed by atoms with Gasteiger partial charge in [0.1, 0.15) is 0 Å². The fourth-order valence-corrected chi connectivity index (χ4v) is 1.40. The van der Waals surface area contributed by atoms with Crippen LogP contribution in [0.2, 0.25) is 0 Å². The van der Waals surface area contributed by atoms with Gasteiger partial charge in [0.25, 0.3) is 5.91 Å². The van der Waals surface area contributed by atoms with Crippen molar-refractivity contribution >= 4 is 11.6 Å². The Morgan fingerprint density at radius 1 is 1.44 bits per heavy atom. The summed E-state index contributed by atoms with van der Waals surface area (Å²) in [5.41, 5.74) is 5.39. The number of benzene rings is 1. The lowest BCUT2D eigenvalue weighted by Gasteiger charge is -2.19. The second kappa shape index (κ2) is 5.03.